The highest BCUT2D eigenvalue weighted by atomic mass is 16.3. The fraction of sp³-hybridized carbons (Fsp3) is 1.00. The summed E-state index contributed by atoms with van der Waals surface area (Å²) in [6, 6.07) is 0. The van der Waals surface area contributed by atoms with Gasteiger partial charge < -0.3 is 10.2 Å². The first-order chi connectivity index (χ1) is 11.7. The molecule has 0 aromatic rings. The zero-order valence-corrected chi connectivity index (χ0v) is 16.8. The third kappa shape index (κ3) is 18.3. The van der Waals surface area contributed by atoms with E-state index in [1.54, 1.807) is 0 Å². The van der Waals surface area contributed by atoms with E-state index >= 15 is 0 Å². The molecule has 2 heteroatoms. The fourth-order valence-electron chi connectivity index (χ4n) is 3.54. The van der Waals surface area contributed by atoms with Gasteiger partial charge in [-0.3, -0.25) is 0 Å². The van der Waals surface area contributed by atoms with Crippen molar-refractivity contribution in [2.24, 2.45) is 11.8 Å². The molecule has 0 radical (unpaired) electrons. The van der Waals surface area contributed by atoms with E-state index in [1.165, 1.54) is 89.9 Å². The van der Waals surface area contributed by atoms with Gasteiger partial charge in [0.2, 0.25) is 0 Å². The van der Waals surface area contributed by atoms with E-state index in [9.17, 15) is 0 Å². The maximum atomic E-state index is 8.75. The summed E-state index contributed by atoms with van der Waals surface area (Å²) in [6.07, 6.45) is 20.8. The van der Waals surface area contributed by atoms with Crippen LogP contribution in [-0.4, -0.2) is 23.4 Å². The number of unbranched alkanes of at least 4 members (excludes halogenated alkanes) is 9. The minimum Gasteiger partial charge on any atom is -0.396 e. The number of hydrogen-bond donors (Lipinski definition) is 2. The van der Waals surface area contributed by atoms with Gasteiger partial charge in [-0.25, -0.2) is 0 Å². The quantitative estimate of drug-likeness (QED) is 0.264. The molecule has 0 rings (SSSR count). The zero-order chi connectivity index (χ0) is 17.9. The Balaban J connectivity index is 3.28. The Hall–Kier alpha value is -0.0800. The Morgan fingerprint density at radius 1 is 0.417 bits per heavy atom. The Kier molecular flexibility index (Phi) is 19.2. The summed E-state index contributed by atoms with van der Waals surface area (Å²) < 4.78 is 0. The Labute approximate surface area is 152 Å². The van der Waals surface area contributed by atoms with Gasteiger partial charge in [-0.1, -0.05) is 104 Å². The highest BCUT2D eigenvalue weighted by molar-refractivity contribution is 4.58. The largest absolute Gasteiger partial charge is 0.396 e. The molecule has 0 aliphatic heterocycles. The van der Waals surface area contributed by atoms with E-state index in [0.29, 0.717) is 13.2 Å². The monoisotopic (exact) mass is 342 g/mol. The lowest BCUT2D eigenvalue weighted by molar-refractivity contribution is 0.281. The lowest BCUT2D eigenvalue weighted by atomic mass is 9.93. The standard InChI is InChI=1S/C22H46O2/c1-21(15-9-5-3-7-13-19-23)17-11-12-18-22(2)16-10-6-4-8-14-20-24/h21-24H,3-20H2,1-2H3. The van der Waals surface area contributed by atoms with Crippen LogP contribution in [0.4, 0.5) is 0 Å². The number of aliphatic hydroxyl groups is 2. The van der Waals surface area contributed by atoms with Crippen LogP contribution in [0.3, 0.4) is 0 Å². The van der Waals surface area contributed by atoms with Gasteiger partial charge >= 0.3 is 0 Å². The second-order valence-electron chi connectivity index (χ2n) is 8.05. The summed E-state index contributed by atoms with van der Waals surface area (Å²) in [5.74, 6) is 1.79. The minimum absolute atomic E-state index is 0.360. The van der Waals surface area contributed by atoms with Gasteiger partial charge in [-0.2, -0.15) is 0 Å². The molecule has 2 atom stereocenters. The van der Waals surface area contributed by atoms with Crippen molar-refractivity contribution in [2.75, 3.05) is 13.2 Å². The molecule has 0 fully saturated rings. The average molecular weight is 343 g/mol. The third-order valence-electron chi connectivity index (χ3n) is 5.35. The van der Waals surface area contributed by atoms with E-state index in [2.05, 4.69) is 13.8 Å². The van der Waals surface area contributed by atoms with Crippen LogP contribution in [0.2, 0.25) is 0 Å². The summed E-state index contributed by atoms with van der Waals surface area (Å²) in [7, 11) is 0. The molecule has 2 N–H and O–H groups in total. The van der Waals surface area contributed by atoms with Crippen LogP contribution in [0, 0.1) is 11.8 Å². The van der Waals surface area contributed by atoms with Gasteiger partial charge in [0.25, 0.3) is 0 Å². The van der Waals surface area contributed by atoms with Gasteiger partial charge in [-0.15, -0.1) is 0 Å². The minimum atomic E-state index is 0.360. The van der Waals surface area contributed by atoms with Crippen LogP contribution < -0.4 is 0 Å². The number of aliphatic hydroxyl groups excluding tert-OH is 2. The van der Waals surface area contributed by atoms with Gasteiger partial charge in [0.1, 0.15) is 0 Å². The van der Waals surface area contributed by atoms with Crippen molar-refractivity contribution in [2.45, 2.75) is 117 Å². The first-order valence-electron chi connectivity index (χ1n) is 10.9. The van der Waals surface area contributed by atoms with Gasteiger partial charge in [0, 0.05) is 13.2 Å². The fourth-order valence-corrected chi connectivity index (χ4v) is 3.54. The normalized spacial score (nSPS) is 14.0. The van der Waals surface area contributed by atoms with E-state index in [0.717, 1.165) is 24.7 Å². The molecule has 0 heterocycles. The van der Waals surface area contributed by atoms with Crippen molar-refractivity contribution in [1.29, 1.82) is 0 Å². The third-order valence-corrected chi connectivity index (χ3v) is 5.35. The van der Waals surface area contributed by atoms with Crippen molar-refractivity contribution in [3.05, 3.63) is 0 Å². The van der Waals surface area contributed by atoms with Crippen molar-refractivity contribution < 1.29 is 10.2 Å². The molecule has 0 aromatic carbocycles. The lowest BCUT2D eigenvalue weighted by Crippen LogP contribution is -1.98. The molecule has 0 saturated heterocycles. The maximum Gasteiger partial charge on any atom is 0.0431 e. The zero-order valence-electron chi connectivity index (χ0n) is 16.8. The average Bonchev–Trinajstić information content (AvgIpc) is 2.58. The highest BCUT2D eigenvalue weighted by Crippen LogP contribution is 2.21. The highest BCUT2D eigenvalue weighted by Gasteiger charge is 2.05. The van der Waals surface area contributed by atoms with Crippen LogP contribution in [-0.2, 0) is 0 Å². The Bertz CT molecular complexity index is 206. The number of hydrogen-bond acceptors (Lipinski definition) is 2. The van der Waals surface area contributed by atoms with Crippen molar-refractivity contribution >= 4 is 0 Å². The summed E-state index contributed by atoms with van der Waals surface area (Å²) in [6.45, 7) is 5.56. The molecule has 0 aliphatic rings. The van der Waals surface area contributed by atoms with E-state index in [-0.39, 0.29) is 0 Å². The topological polar surface area (TPSA) is 40.5 Å². The lowest BCUT2D eigenvalue weighted by Gasteiger charge is -2.13. The van der Waals surface area contributed by atoms with Crippen LogP contribution in [0.15, 0.2) is 0 Å². The second kappa shape index (κ2) is 19.2. The predicted octanol–water partition coefficient (Wildman–Crippen LogP) is 6.48. The maximum absolute atomic E-state index is 8.75. The molecular formula is C22H46O2. The molecule has 0 amide bonds. The molecule has 146 valence electrons. The Morgan fingerprint density at radius 2 is 0.667 bits per heavy atom. The van der Waals surface area contributed by atoms with E-state index in [1.807, 2.05) is 0 Å². The van der Waals surface area contributed by atoms with Crippen LogP contribution in [0.1, 0.15) is 117 Å². The van der Waals surface area contributed by atoms with E-state index in [4.69, 9.17) is 10.2 Å². The van der Waals surface area contributed by atoms with E-state index < -0.39 is 0 Å². The van der Waals surface area contributed by atoms with Crippen LogP contribution in [0.5, 0.6) is 0 Å². The van der Waals surface area contributed by atoms with Crippen LogP contribution in [0.25, 0.3) is 0 Å². The van der Waals surface area contributed by atoms with Crippen molar-refractivity contribution in [1.82, 2.24) is 0 Å². The van der Waals surface area contributed by atoms with Gasteiger partial charge in [-0.05, 0) is 24.7 Å². The van der Waals surface area contributed by atoms with Crippen molar-refractivity contribution in [3.63, 3.8) is 0 Å². The van der Waals surface area contributed by atoms with Gasteiger partial charge in [0.05, 0.1) is 0 Å². The summed E-state index contributed by atoms with van der Waals surface area (Å²) in [5.41, 5.74) is 0. The first kappa shape index (κ1) is 23.9. The SMILES string of the molecule is CC(CCCCCCCO)CCCCC(C)CCCCCCCO. The molecule has 0 aromatic heterocycles. The Morgan fingerprint density at radius 3 is 1.00 bits per heavy atom. The van der Waals surface area contributed by atoms with Crippen LogP contribution >= 0.6 is 0 Å². The summed E-state index contributed by atoms with van der Waals surface area (Å²) in [5, 5.41) is 17.5. The summed E-state index contributed by atoms with van der Waals surface area (Å²) >= 11 is 0. The number of rotatable bonds is 19. The molecule has 0 saturated carbocycles. The second-order valence-corrected chi connectivity index (χ2v) is 8.05. The molecule has 2 nitrogen and oxygen atoms in total. The molecule has 0 spiro atoms. The first-order valence-corrected chi connectivity index (χ1v) is 10.9. The molecule has 24 heavy (non-hydrogen) atoms. The molecule has 2 unspecified atom stereocenters. The smallest absolute Gasteiger partial charge is 0.0431 e. The molecule has 0 aliphatic carbocycles. The predicted molar refractivity (Wildman–Crippen MR) is 106 cm³/mol. The van der Waals surface area contributed by atoms with Crippen molar-refractivity contribution in [3.8, 4) is 0 Å². The molecule has 0 bridgehead atoms. The van der Waals surface area contributed by atoms with Gasteiger partial charge in [0.15, 0.2) is 0 Å². The summed E-state index contributed by atoms with van der Waals surface area (Å²) in [4.78, 5) is 0. The molecular weight excluding hydrogens is 296 g/mol.